The van der Waals surface area contributed by atoms with Crippen molar-refractivity contribution in [2.45, 2.75) is 37.3 Å². The van der Waals surface area contributed by atoms with Crippen LogP contribution in [0, 0.1) is 0 Å². The van der Waals surface area contributed by atoms with Gasteiger partial charge in [0.1, 0.15) is 18.2 Å². The average molecular weight is 458 g/mol. The van der Waals surface area contributed by atoms with Crippen molar-refractivity contribution in [2.75, 3.05) is 32.1 Å². The summed E-state index contributed by atoms with van der Waals surface area (Å²) < 4.78 is 25.2. The molecule has 8 heteroatoms. The van der Waals surface area contributed by atoms with Gasteiger partial charge in [0.2, 0.25) is 0 Å². The van der Waals surface area contributed by atoms with E-state index in [1.54, 1.807) is 24.3 Å². The third kappa shape index (κ3) is 6.62. The summed E-state index contributed by atoms with van der Waals surface area (Å²) in [7, 11) is 0. The predicted molar refractivity (Wildman–Crippen MR) is 125 cm³/mol. The molecule has 0 spiro atoms. The van der Waals surface area contributed by atoms with Gasteiger partial charge in [0, 0.05) is 30.1 Å². The van der Waals surface area contributed by atoms with Crippen LogP contribution in [0.3, 0.4) is 0 Å². The van der Waals surface area contributed by atoms with Crippen molar-refractivity contribution in [3.8, 4) is 5.75 Å². The van der Waals surface area contributed by atoms with Crippen LogP contribution in [0.2, 0.25) is 0 Å². The quantitative estimate of drug-likeness (QED) is 0.475. The maximum absolute atomic E-state index is 11.9. The van der Waals surface area contributed by atoms with Crippen LogP contribution in [0.25, 0.3) is 0 Å². The van der Waals surface area contributed by atoms with Crippen LogP contribution >= 0.6 is 0 Å². The highest BCUT2D eigenvalue weighted by Gasteiger charge is 2.39. The van der Waals surface area contributed by atoms with Gasteiger partial charge >= 0.3 is 0 Å². The van der Waals surface area contributed by atoms with Crippen LogP contribution in [-0.4, -0.2) is 63.8 Å². The van der Waals surface area contributed by atoms with E-state index in [9.17, 15) is 9.00 Å². The summed E-state index contributed by atoms with van der Waals surface area (Å²) >= 11 is -2.05. The first-order chi connectivity index (χ1) is 15.6. The van der Waals surface area contributed by atoms with Crippen molar-refractivity contribution in [2.24, 2.45) is 0 Å². The number of carbonyl (C=O) groups excluding carboxylic acids is 1. The van der Waals surface area contributed by atoms with Gasteiger partial charge in [0.05, 0.1) is 0 Å². The fourth-order valence-electron chi connectivity index (χ4n) is 4.30. The standard InChI is InChI=1S/C24H31N3O4S/c28-24(25-17-32(29)30)19-6-8-21(9-7-19)31-15-14-27-12-10-20(11-13-27)26-23-16-22(23)18-4-2-1-3-5-18/h1-9,20,22-23,26H,10-17H2,(H,25,28)(H,29,30)/t22-,23+/m0/s1. The molecule has 1 saturated carbocycles. The van der Waals surface area contributed by atoms with E-state index < -0.39 is 11.1 Å². The van der Waals surface area contributed by atoms with Gasteiger partial charge < -0.3 is 19.9 Å². The molecule has 1 aliphatic carbocycles. The van der Waals surface area contributed by atoms with Gasteiger partial charge in [-0.25, -0.2) is 4.21 Å². The van der Waals surface area contributed by atoms with Gasteiger partial charge in [-0.3, -0.25) is 9.69 Å². The minimum atomic E-state index is -2.05. The molecule has 3 atom stereocenters. The Hall–Kier alpha value is -2.26. The molecule has 1 aliphatic heterocycles. The minimum Gasteiger partial charge on any atom is -0.492 e. The van der Waals surface area contributed by atoms with Crippen LogP contribution in [0.5, 0.6) is 5.75 Å². The highest BCUT2D eigenvalue weighted by atomic mass is 32.2. The molecule has 0 aromatic heterocycles. The van der Waals surface area contributed by atoms with E-state index >= 15 is 0 Å². The molecule has 1 unspecified atom stereocenters. The number of amides is 1. The molecule has 3 N–H and O–H groups in total. The first kappa shape index (κ1) is 22.9. The second kappa shape index (κ2) is 11.0. The molecule has 1 amide bonds. The summed E-state index contributed by atoms with van der Waals surface area (Å²) in [5, 5.41) is 6.24. The largest absolute Gasteiger partial charge is 0.492 e. The lowest BCUT2D eigenvalue weighted by atomic mass is 10.0. The van der Waals surface area contributed by atoms with E-state index in [0.29, 0.717) is 35.9 Å². The minimum absolute atomic E-state index is 0.280. The monoisotopic (exact) mass is 457 g/mol. The SMILES string of the molecule is O=C(NCS(=O)O)c1ccc(OCCN2CCC(N[C@@H]3C[C@H]3c3ccccc3)CC2)cc1. The van der Waals surface area contributed by atoms with Crippen LogP contribution in [0.15, 0.2) is 54.6 Å². The molecule has 1 saturated heterocycles. The molecule has 0 radical (unpaired) electrons. The van der Waals surface area contributed by atoms with E-state index in [2.05, 4.69) is 45.9 Å². The zero-order valence-corrected chi connectivity index (χ0v) is 18.9. The molecule has 2 aromatic rings. The summed E-state index contributed by atoms with van der Waals surface area (Å²) in [6.07, 6.45) is 3.58. The molecule has 2 fully saturated rings. The van der Waals surface area contributed by atoms with E-state index in [-0.39, 0.29) is 11.8 Å². The lowest BCUT2D eigenvalue weighted by molar-refractivity contribution is 0.0959. The Labute approximate surface area is 191 Å². The normalized spacial score (nSPS) is 22.3. The number of nitrogens with zero attached hydrogens (tertiary/aromatic N) is 1. The summed E-state index contributed by atoms with van der Waals surface area (Å²) in [5.74, 6) is 0.734. The van der Waals surface area contributed by atoms with Crippen molar-refractivity contribution in [3.63, 3.8) is 0 Å². The average Bonchev–Trinajstić information content (AvgIpc) is 3.59. The number of nitrogens with one attached hydrogen (secondary N) is 2. The number of likely N-dealkylation sites (tertiary alicyclic amines) is 1. The van der Waals surface area contributed by atoms with Gasteiger partial charge in [-0.05, 0) is 62.2 Å². The lowest BCUT2D eigenvalue weighted by Crippen LogP contribution is -2.44. The number of rotatable bonds is 10. The smallest absolute Gasteiger partial charge is 0.252 e. The molecular weight excluding hydrogens is 426 g/mol. The van der Waals surface area contributed by atoms with E-state index in [0.717, 1.165) is 19.6 Å². The first-order valence-corrected chi connectivity index (χ1v) is 12.5. The van der Waals surface area contributed by atoms with Crippen molar-refractivity contribution in [1.82, 2.24) is 15.5 Å². The third-order valence-corrected chi connectivity index (χ3v) is 6.60. The van der Waals surface area contributed by atoms with Crippen molar-refractivity contribution in [3.05, 3.63) is 65.7 Å². The predicted octanol–water partition coefficient (Wildman–Crippen LogP) is 2.58. The molecule has 0 bridgehead atoms. The third-order valence-electron chi connectivity index (χ3n) is 6.20. The second-order valence-electron chi connectivity index (χ2n) is 8.49. The topological polar surface area (TPSA) is 90.9 Å². The van der Waals surface area contributed by atoms with E-state index in [4.69, 9.17) is 9.29 Å². The zero-order valence-electron chi connectivity index (χ0n) is 18.1. The molecule has 7 nitrogen and oxygen atoms in total. The second-order valence-corrected chi connectivity index (χ2v) is 9.42. The summed E-state index contributed by atoms with van der Waals surface area (Å²) in [4.78, 5) is 14.3. The van der Waals surface area contributed by atoms with E-state index in [1.165, 1.54) is 24.8 Å². The van der Waals surface area contributed by atoms with Crippen molar-refractivity contribution < 1.29 is 18.3 Å². The molecule has 2 aromatic carbocycles. The molecule has 1 heterocycles. The number of benzene rings is 2. The Morgan fingerprint density at radius 3 is 2.50 bits per heavy atom. The van der Waals surface area contributed by atoms with Crippen LogP contribution < -0.4 is 15.4 Å². The zero-order chi connectivity index (χ0) is 22.3. The number of carbonyl (C=O) groups is 1. The fourth-order valence-corrected chi connectivity index (χ4v) is 4.55. The lowest BCUT2D eigenvalue weighted by Gasteiger charge is -2.32. The Morgan fingerprint density at radius 1 is 1.09 bits per heavy atom. The van der Waals surface area contributed by atoms with Crippen molar-refractivity contribution in [1.29, 1.82) is 0 Å². The van der Waals surface area contributed by atoms with Gasteiger partial charge in [0.15, 0.2) is 11.1 Å². The molecule has 172 valence electrons. The van der Waals surface area contributed by atoms with Crippen molar-refractivity contribution >= 4 is 17.0 Å². The summed E-state index contributed by atoms with van der Waals surface area (Å²) in [6.45, 7) is 3.64. The maximum Gasteiger partial charge on any atom is 0.252 e. The van der Waals surface area contributed by atoms with Gasteiger partial charge in [-0.2, -0.15) is 0 Å². The number of piperidine rings is 1. The van der Waals surface area contributed by atoms with Crippen LogP contribution in [0.4, 0.5) is 0 Å². The maximum atomic E-state index is 11.9. The number of hydrogen-bond donors (Lipinski definition) is 3. The van der Waals surface area contributed by atoms with Crippen LogP contribution in [-0.2, 0) is 11.1 Å². The van der Waals surface area contributed by atoms with Gasteiger partial charge in [-0.15, -0.1) is 0 Å². The molecule has 32 heavy (non-hydrogen) atoms. The Kier molecular flexibility index (Phi) is 7.91. The molecular formula is C24H31N3O4S. The Bertz CT molecular complexity index is 901. The number of ether oxygens (including phenoxy) is 1. The van der Waals surface area contributed by atoms with Gasteiger partial charge in [0.25, 0.3) is 5.91 Å². The van der Waals surface area contributed by atoms with Crippen LogP contribution in [0.1, 0.15) is 41.1 Å². The highest BCUT2D eigenvalue weighted by molar-refractivity contribution is 7.79. The summed E-state index contributed by atoms with van der Waals surface area (Å²) in [5.41, 5.74) is 1.89. The Balaban J connectivity index is 1.11. The van der Waals surface area contributed by atoms with Gasteiger partial charge in [-0.1, -0.05) is 30.3 Å². The van der Waals surface area contributed by atoms with E-state index in [1.807, 2.05) is 0 Å². The summed E-state index contributed by atoms with van der Waals surface area (Å²) in [6, 6.07) is 18.8. The molecule has 2 aliphatic rings. The number of hydrogen-bond acceptors (Lipinski definition) is 5. The fraction of sp³-hybridized carbons (Fsp3) is 0.458. The molecule has 4 rings (SSSR count). The first-order valence-electron chi connectivity index (χ1n) is 11.2. The highest BCUT2D eigenvalue weighted by Crippen LogP contribution is 2.41. The Morgan fingerprint density at radius 2 is 1.81 bits per heavy atom.